The molecule has 3 rings (SSSR count). The molecule has 0 spiro atoms. The summed E-state index contributed by atoms with van der Waals surface area (Å²) in [5, 5.41) is 11.7. The van der Waals surface area contributed by atoms with Crippen LogP contribution in [0.2, 0.25) is 0 Å². The van der Waals surface area contributed by atoms with Crippen LogP contribution in [0.25, 0.3) is 10.8 Å². The summed E-state index contributed by atoms with van der Waals surface area (Å²) in [4.78, 5) is 0. The third kappa shape index (κ3) is 1.15. The van der Waals surface area contributed by atoms with Crippen LogP contribution in [0.1, 0.15) is 18.4 Å². The van der Waals surface area contributed by atoms with E-state index in [2.05, 4.69) is 36.4 Å². The lowest BCUT2D eigenvalue weighted by Gasteiger charge is -2.09. The van der Waals surface area contributed by atoms with E-state index >= 15 is 0 Å². The molecule has 0 aromatic heterocycles. The summed E-state index contributed by atoms with van der Waals surface area (Å²) in [5.41, 5.74) is 1.03. The molecule has 0 amide bonds. The Morgan fingerprint density at radius 1 is 1.00 bits per heavy atom. The molecule has 2 aromatic rings. The summed E-state index contributed by atoms with van der Waals surface area (Å²) in [5.74, 6) is 0. The molecule has 1 saturated carbocycles. The van der Waals surface area contributed by atoms with E-state index in [4.69, 9.17) is 0 Å². The van der Waals surface area contributed by atoms with E-state index in [1.807, 2.05) is 12.1 Å². The highest BCUT2D eigenvalue weighted by molar-refractivity contribution is 5.87. The lowest BCUT2D eigenvalue weighted by atomic mass is 9.92. The molecular weight excluding hydrogens is 182 g/mol. The van der Waals surface area contributed by atoms with Crippen LogP contribution >= 0.6 is 0 Å². The summed E-state index contributed by atoms with van der Waals surface area (Å²) < 4.78 is 0. The second-order valence-electron chi connectivity index (χ2n) is 4.22. The van der Waals surface area contributed by atoms with Crippen molar-refractivity contribution in [2.75, 3.05) is 0 Å². The Hall–Kier alpha value is -1.81. The van der Waals surface area contributed by atoms with Gasteiger partial charge in [0.2, 0.25) is 0 Å². The second kappa shape index (κ2) is 2.84. The molecule has 0 atom stereocenters. The molecule has 72 valence electrons. The Morgan fingerprint density at radius 2 is 1.73 bits per heavy atom. The van der Waals surface area contributed by atoms with Crippen LogP contribution in [0, 0.1) is 11.3 Å². The minimum atomic E-state index is -0.180. The van der Waals surface area contributed by atoms with Crippen LogP contribution < -0.4 is 0 Å². The predicted molar refractivity (Wildman–Crippen MR) is 60.5 cm³/mol. The van der Waals surface area contributed by atoms with Crippen molar-refractivity contribution in [3.8, 4) is 6.07 Å². The van der Waals surface area contributed by atoms with Crippen molar-refractivity contribution in [2.24, 2.45) is 0 Å². The highest BCUT2D eigenvalue weighted by atomic mass is 14.5. The number of hydrogen-bond donors (Lipinski definition) is 0. The van der Waals surface area contributed by atoms with Crippen molar-refractivity contribution in [1.29, 1.82) is 5.26 Å². The molecule has 1 aliphatic rings. The minimum Gasteiger partial charge on any atom is -0.197 e. The SMILES string of the molecule is N#CC1(c2cccc3ccccc23)CC1. The number of nitrogens with zero attached hydrogens (tertiary/aromatic N) is 1. The van der Waals surface area contributed by atoms with Crippen LogP contribution in [0.4, 0.5) is 0 Å². The van der Waals surface area contributed by atoms with Gasteiger partial charge in [0.15, 0.2) is 0 Å². The lowest BCUT2D eigenvalue weighted by Crippen LogP contribution is -2.02. The first kappa shape index (κ1) is 8.49. The van der Waals surface area contributed by atoms with Gasteiger partial charge in [-0.2, -0.15) is 5.26 Å². The third-order valence-electron chi connectivity index (χ3n) is 3.27. The normalized spacial score (nSPS) is 17.3. The summed E-state index contributed by atoms with van der Waals surface area (Å²) in [6.45, 7) is 0. The Labute approximate surface area is 89.0 Å². The second-order valence-corrected chi connectivity index (χ2v) is 4.22. The van der Waals surface area contributed by atoms with Gasteiger partial charge in [-0.05, 0) is 29.2 Å². The summed E-state index contributed by atoms with van der Waals surface area (Å²) in [6.07, 6.45) is 2.02. The maximum Gasteiger partial charge on any atom is 0.0829 e. The van der Waals surface area contributed by atoms with Gasteiger partial charge in [-0.25, -0.2) is 0 Å². The van der Waals surface area contributed by atoms with Crippen molar-refractivity contribution >= 4 is 10.8 Å². The van der Waals surface area contributed by atoms with Gasteiger partial charge in [-0.1, -0.05) is 42.5 Å². The summed E-state index contributed by atoms with van der Waals surface area (Å²) in [7, 11) is 0. The van der Waals surface area contributed by atoms with Crippen LogP contribution in [0.15, 0.2) is 42.5 Å². The molecule has 0 heterocycles. The lowest BCUT2D eigenvalue weighted by molar-refractivity contribution is 0.920. The fourth-order valence-electron chi connectivity index (χ4n) is 2.21. The van der Waals surface area contributed by atoms with Crippen LogP contribution in [-0.4, -0.2) is 0 Å². The summed E-state index contributed by atoms with van der Waals surface area (Å²) >= 11 is 0. The number of hydrogen-bond acceptors (Lipinski definition) is 1. The highest BCUT2D eigenvalue weighted by Crippen LogP contribution is 2.49. The third-order valence-corrected chi connectivity index (χ3v) is 3.27. The zero-order valence-electron chi connectivity index (χ0n) is 8.40. The molecule has 0 N–H and O–H groups in total. The highest BCUT2D eigenvalue weighted by Gasteiger charge is 2.45. The van der Waals surface area contributed by atoms with Gasteiger partial charge in [0.25, 0.3) is 0 Å². The molecule has 1 nitrogen and oxygen atoms in total. The van der Waals surface area contributed by atoms with Gasteiger partial charge in [0.05, 0.1) is 11.5 Å². The monoisotopic (exact) mass is 193 g/mol. The Kier molecular flexibility index (Phi) is 1.61. The van der Waals surface area contributed by atoms with Gasteiger partial charge >= 0.3 is 0 Å². The maximum atomic E-state index is 9.22. The molecule has 0 saturated heterocycles. The van der Waals surface area contributed by atoms with Gasteiger partial charge in [0, 0.05) is 0 Å². The first-order valence-electron chi connectivity index (χ1n) is 5.25. The van der Waals surface area contributed by atoms with E-state index in [-0.39, 0.29) is 5.41 Å². The van der Waals surface area contributed by atoms with Crippen molar-refractivity contribution in [2.45, 2.75) is 18.3 Å². The zero-order valence-corrected chi connectivity index (χ0v) is 8.40. The van der Waals surface area contributed by atoms with Gasteiger partial charge in [0.1, 0.15) is 0 Å². The van der Waals surface area contributed by atoms with Crippen molar-refractivity contribution in [1.82, 2.24) is 0 Å². The molecule has 0 unspecified atom stereocenters. The maximum absolute atomic E-state index is 9.22. The van der Waals surface area contributed by atoms with Gasteiger partial charge < -0.3 is 0 Å². The molecule has 2 aromatic carbocycles. The number of rotatable bonds is 1. The molecule has 15 heavy (non-hydrogen) atoms. The zero-order chi connectivity index (χ0) is 10.3. The standard InChI is InChI=1S/C14H11N/c15-10-14(8-9-14)13-7-3-5-11-4-1-2-6-12(11)13/h1-7H,8-9H2. The fourth-order valence-corrected chi connectivity index (χ4v) is 2.21. The van der Waals surface area contributed by atoms with Gasteiger partial charge in [-0.15, -0.1) is 0 Å². The Morgan fingerprint density at radius 3 is 2.47 bits per heavy atom. The number of benzene rings is 2. The molecule has 1 aliphatic carbocycles. The molecule has 0 bridgehead atoms. The fraction of sp³-hybridized carbons (Fsp3) is 0.214. The van der Waals surface area contributed by atoms with Crippen molar-refractivity contribution < 1.29 is 0 Å². The largest absolute Gasteiger partial charge is 0.197 e. The van der Waals surface area contributed by atoms with E-state index in [0.29, 0.717) is 0 Å². The van der Waals surface area contributed by atoms with E-state index in [1.54, 1.807) is 0 Å². The summed E-state index contributed by atoms with van der Waals surface area (Å²) in [6, 6.07) is 17.0. The topological polar surface area (TPSA) is 23.8 Å². The van der Waals surface area contributed by atoms with E-state index < -0.39 is 0 Å². The Balaban J connectivity index is 2.33. The first-order chi connectivity index (χ1) is 7.36. The molecule has 1 heteroatoms. The molecule has 0 aliphatic heterocycles. The predicted octanol–water partition coefficient (Wildman–Crippen LogP) is 3.39. The quantitative estimate of drug-likeness (QED) is 0.681. The van der Waals surface area contributed by atoms with E-state index in [9.17, 15) is 5.26 Å². The van der Waals surface area contributed by atoms with Crippen LogP contribution in [0.3, 0.4) is 0 Å². The van der Waals surface area contributed by atoms with E-state index in [1.165, 1.54) is 16.3 Å². The van der Waals surface area contributed by atoms with Crippen LogP contribution in [-0.2, 0) is 5.41 Å². The van der Waals surface area contributed by atoms with Crippen molar-refractivity contribution in [3.63, 3.8) is 0 Å². The minimum absolute atomic E-state index is 0.180. The molecular formula is C14H11N. The van der Waals surface area contributed by atoms with E-state index in [0.717, 1.165) is 12.8 Å². The molecule has 0 radical (unpaired) electrons. The molecule has 1 fully saturated rings. The number of nitriles is 1. The number of fused-ring (bicyclic) bond motifs is 1. The average molecular weight is 193 g/mol. The Bertz CT molecular complexity index is 554. The van der Waals surface area contributed by atoms with Gasteiger partial charge in [-0.3, -0.25) is 0 Å². The smallest absolute Gasteiger partial charge is 0.0829 e. The van der Waals surface area contributed by atoms with Crippen LogP contribution in [0.5, 0.6) is 0 Å². The average Bonchev–Trinajstić information content (AvgIpc) is 3.09. The first-order valence-corrected chi connectivity index (χ1v) is 5.25. The van der Waals surface area contributed by atoms with Crippen molar-refractivity contribution in [3.05, 3.63) is 48.0 Å².